The fourth-order valence-electron chi connectivity index (χ4n) is 4.04. The average molecular weight is 709 g/mol. The van der Waals surface area contributed by atoms with Crippen LogP contribution >= 0.6 is 0 Å². The summed E-state index contributed by atoms with van der Waals surface area (Å²) < 4.78 is 59.1. The van der Waals surface area contributed by atoms with E-state index in [2.05, 4.69) is 13.5 Å². The third-order valence-corrected chi connectivity index (χ3v) is 6.76. The van der Waals surface area contributed by atoms with E-state index in [4.69, 9.17) is 52.1 Å². The molecular formula is C36H68O13. The predicted octanol–water partition coefficient (Wildman–Crippen LogP) is 4.72. The van der Waals surface area contributed by atoms with Crippen LogP contribution in [0.15, 0.2) is 12.2 Å². The molecule has 0 aliphatic rings. The van der Waals surface area contributed by atoms with Gasteiger partial charge < -0.3 is 52.1 Å². The molecule has 0 bridgehead atoms. The molecule has 13 heteroatoms. The fraction of sp³-hybridized carbons (Fsp3) is 0.889. The summed E-state index contributed by atoms with van der Waals surface area (Å²) >= 11 is 0. The minimum Gasteiger partial charge on any atom is -0.463 e. The smallest absolute Gasteiger partial charge is 0.333 e. The highest BCUT2D eigenvalue weighted by Crippen LogP contribution is 2.10. The first-order chi connectivity index (χ1) is 24.1. The number of unbranched alkanes of at least 4 members (excludes halogenated alkanes) is 8. The SMILES string of the molecule is C=C(C)C(=O)OCCOCCOCCOCCOCCOCCOCCOCCOCCOCCOC(=O)CCCCCCCCCCC. The molecule has 0 amide bonds. The van der Waals surface area contributed by atoms with E-state index in [0.717, 1.165) is 12.8 Å². The predicted molar refractivity (Wildman–Crippen MR) is 186 cm³/mol. The van der Waals surface area contributed by atoms with Gasteiger partial charge in [-0.2, -0.15) is 0 Å². The first kappa shape index (κ1) is 47.3. The zero-order valence-corrected chi connectivity index (χ0v) is 30.7. The Hall–Kier alpha value is -1.68. The van der Waals surface area contributed by atoms with Gasteiger partial charge in [-0.3, -0.25) is 4.79 Å². The molecule has 13 nitrogen and oxygen atoms in total. The molecule has 0 saturated heterocycles. The highest BCUT2D eigenvalue weighted by Gasteiger charge is 2.03. The van der Waals surface area contributed by atoms with E-state index in [0.29, 0.717) is 131 Å². The monoisotopic (exact) mass is 708 g/mol. The largest absolute Gasteiger partial charge is 0.463 e. The standard InChI is InChI=1S/C36H68O13/c1-4-5-6-7-8-9-10-11-12-13-35(37)48-32-30-46-28-26-44-24-22-42-20-18-40-16-14-39-15-17-41-19-21-43-23-25-45-27-29-47-31-33-49-36(38)34(2)3/h2,4-33H2,1,3H3. The Kier molecular flexibility index (Phi) is 39.3. The Morgan fingerprint density at radius 2 is 0.653 bits per heavy atom. The third kappa shape index (κ3) is 40.6. The lowest BCUT2D eigenvalue weighted by molar-refractivity contribution is -0.145. The summed E-state index contributed by atoms with van der Waals surface area (Å²) in [6.45, 7) is 16.1. The van der Waals surface area contributed by atoms with E-state index >= 15 is 0 Å². The number of hydrogen-bond acceptors (Lipinski definition) is 13. The van der Waals surface area contributed by atoms with Gasteiger partial charge in [0.1, 0.15) is 13.2 Å². The van der Waals surface area contributed by atoms with E-state index in [1.54, 1.807) is 6.92 Å². The molecule has 0 fully saturated rings. The maximum atomic E-state index is 11.8. The van der Waals surface area contributed by atoms with Crippen molar-refractivity contribution in [2.24, 2.45) is 0 Å². The van der Waals surface area contributed by atoms with Crippen LogP contribution in [0, 0.1) is 0 Å². The van der Waals surface area contributed by atoms with Crippen molar-refractivity contribution >= 4 is 11.9 Å². The minimum absolute atomic E-state index is 0.141. The number of ether oxygens (including phenoxy) is 11. The van der Waals surface area contributed by atoms with Crippen LogP contribution in [0.1, 0.15) is 78.1 Å². The summed E-state index contributed by atoms with van der Waals surface area (Å²) in [6, 6.07) is 0. The van der Waals surface area contributed by atoms with E-state index in [1.807, 2.05) is 0 Å². The quantitative estimate of drug-likeness (QED) is 0.0493. The average Bonchev–Trinajstić information content (AvgIpc) is 3.09. The second kappa shape index (κ2) is 40.7. The van der Waals surface area contributed by atoms with Crippen LogP contribution in [-0.2, 0) is 61.7 Å². The lowest BCUT2D eigenvalue weighted by Gasteiger charge is -2.09. The van der Waals surface area contributed by atoms with Crippen LogP contribution in [0.5, 0.6) is 0 Å². The molecule has 0 spiro atoms. The Balaban J connectivity index is 3.13. The van der Waals surface area contributed by atoms with Gasteiger partial charge in [-0.25, -0.2) is 4.79 Å². The van der Waals surface area contributed by atoms with Crippen molar-refractivity contribution in [1.82, 2.24) is 0 Å². The minimum atomic E-state index is -0.414. The molecule has 0 saturated carbocycles. The molecule has 0 radical (unpaired) electrons. The second-order valence-electron chi connectivity index (χ2n) is 11.2. The first-order valence-electron chi connectivity index (χ1n) is 18.3. The summed E-state index contributed by atoms with van der Waals surface area (Å²) in [5, 5.41) is 0. The van der Waals surface area contributed by atoms with E-state index in [-0.39, 0.29) is 19.2 Å². The maximum Gasteiger partial charge on any atom is 0.333 e. The molecule has 0 aliphatic heterocycles. The molecule has 0 atom stereocenters. The molecule has 0 heterocycles. The van der Waals surface area contributed by atoms with Gasteiger partial charge in [0.25, 0.3) is 0 Å². The van der Waals surface area contributed by atoms with Gasteiger partial charge in [0.05, 0.1) is 119 Å². The van der Waals surface area contributed by atoms with Gasteiger partial charge in [0.15, 0.2) is 0 Å². The van der Waals surface area contributed by atoms with Crippen molar-refractivity contribution in [2.45, 2.75) is 78.1 Å². The van der Waals surface area contributed by atoms with Gasteiger partial charge in [0, 0.05) is 12.0 Å². The molecule has 0 aliphatic carbocycles. The third-order valence-electron chi connectivity index (χ3n) is 6.76. The summed E-state index contributed by atoms with van der Waals surface area (Å²) in [6.07, 6.45) is 11.6. The van der Waals surface area contributed by atoms with Crippen LogP contribution < -0.4 is 0 Å². The second-order valence-corrected chi connectivity index (χ2v) is 11.2. The van der Waals surface area contributed by atoms with Crippen LogP contribution in [0.3, 0.4) is 0 Å². The highest BCUT2D eigenvalue weighted by molar-refractivity contribution is 5.86. The van der Waals surface area contributed by atoms with Crippen LogP contribution in [0.2, 0.25) is 0 Å². The Bertz CT molecular complexity index is 723. The number of rotatable bonds is 41. The molecule has 0 aromatic heterocycles. The molecule has 0 N–H and O–H groups in total. The van der Waals surface area contributed by atoms with Crippen molar-refractivity contribution < 1.29 is 61.7 Å². The number of esters is 2. The topological polar surface area (TPSA) is 136 Å². The Morgan fingerprint density at radius 3 is 0.959 bits per heavy atom. The van der Waals surface area contributed by atoms with Gasteiger partial charge >= 0.3 is 11.9 Å². The summed E-state index contributed by atoms with van der Waals surface area (Å²) in [5.74, 6) is -0.555. The van der Waals surface area contributed by atoms with Crippen molar-refractivity contribution in [2.75, 3.05) is 132 Å². The van der Waals surface area contributed by atoms with Crippen molar-refractivity contribution in [3.63, 3.8) is 0 Å². The molecule has 49 heavy (non-hydrogen) atoms. The van der Waals surface area contributed by atoms with Gasteiger partial charge in [0.2, 0.25) is 0 Å². The molecular weight excluding hydrogens is 640 g/mol. The highest BCUT2D eigenvalue weighted by atomic mass is 16.6. The van der Waals surface area contributed by atoms with Crippen LogP contribution in [0.25, 0.3) is 0 Å². The molecule has 290 valence electrons. The van der Waals surface area contributed by atoms with Gasteiger partial charge in [-0.1, -0.05) is 64.9 Å². The maximum absolute atomic E-state index is 11.8. The van der Waals surface area contributed by atoms with Gasteiger partial charge in [-0.05, 0) is 13.3 Å². The molecule has 0 rings (SSSR count). The number of carbonyl (C=O) groups excluding carboxylic acids is 2. The Labute approximate surface area is 295 Å². The lowest BCUT2D eigenvalue weighted by Crippen LogP contribution is -2.16. The zero-order valence-electron chi connectivity index (χ0n) is 30.7. The van der Waals surface area contributed by atoms with E-state index in [1.165, 1.54) is 44.9 Å². The van der Waals surface area contributed by atoms with Crippen molar-refractivity contribution in [1.29, 1.82) is 0 Å². The van der Waals surface area contributed by atoms with Gasteiger partial charge in [-0.15, -0.1) is 0 Å². The lowest BCUT2D eigenvalue weighted by atomic mass is 10.1. The normalized spacial score (nSPS) is 11.2. The summed E-state index contributed by atoms with van der Waals surface area (Å²) in [5.41, 5.74) is 0.369. The van der Waals surface area contributed by atoms with E-state index in [9.17, 15) is 9.59 Å². The number of hydrogen-bond donors (Lipinski definition) is 0. The molecule has 0 aromatic rings. The first-order valence-corrected chi connectivity index (χ1v) is 18.3. The zero-order chi connectivity index (χ0) is 35.7. The Morgan fingerprint density at radius 1 is 0.388 bits per heavy atom. The number of carbonyl (C=O) groups is 2. The fourth-order valence-corrected chi connectivity index (χ4v) is 4.04. The van der Waals surface area contributed by atoms with E-state index < -0.39 is 5.97 Å². The van der Waals surface area contributed by atoms with Crippen LogP contribution in [-0.4, -0.2) is 144 Å². The van der Waals surface area contributed by atoms with Crippen molar-refractivity contribution in [3.05, 3.63) is 12.2 Å². The summed E-state index contributed by atoms with van der Waals surface area (Å²) in [7, 11) is 0. The molecule has 0 aromatic carbocycles. The summed E-state index contributed by atoms with van der Waals surface area (Å²) in [4.78, 5) is 23.0. The van der Waals surface area contributed by atoms with Crippen LogP contribution in [0.4, 0.5) is 0 Å². The molecule has 0 unspecified atom stereocenters. The van der Waals surface area contributed by atoms with Crippen molar-refractivity contribution in [3.8, 4) is 0 Å².